The highest BCUT2D eigenvalue weighted by atomic mass is 16.2. The van der Waals surface area contributed by atoms with Crippen LogP contribution in [0, 0.1) is 0 Å². The maximum absolute atomic E-state index is 12.9. The lowest BCUT2D eigenvalue weighted by atomic mass is 9.93. The molecular formula is C20H21N7O2. The molecule has 0 spiro atoms. The first-order chi connectivity index (χ1) is 14.2. The molecule has 9 nitrogen and oxygen atoms in total. The Bertz CT molecular complexity index is 1050. The summed E-state index contributed by atoms with van der Waals surface area (Å²) in [7, 11) is 0. The van der Waals surface area contributed by atoms with Crippen molar-refractivity contribution in [1.29, 1.82) is 0 Å². The van der Waals surface area contributed by atoms with Crippen molar-refractivity contribution in [3.8, 4) is 11.4 Å². The van der Waals surface area contributed by atoms with Gasteiger partial charge in [-0.3, -0.25) is 24.8 Å². The smallest absolute Gasteiger partial charge is 0.272 e. The molecular weight excluding hydrogens is 370 g/mol. The number of pyridine rings is 1. The standard InChI is InChI=1S/C20H21N7O2/c28-19(22-12-4-3-5-12)18-13-7-9-27(11-17(13)25-26-18)20(29)16-10-15(23-24-16)14-6-1-2-8-21-14/h1-2,6,8,10,12H,3-5,7,9,11H2,(H,22,28)(H,23,24)(H,25,26). The number of H-pyrrole nitrogens is 2. The number of hydrogen-bond donors (Lipinski definition) is 3. The number of carbonyl (C=O) groups excluding carboxylic acids is 2. The molecule has 0 radical (unpaired) electrons. The highest BCUT2D eigenvalue weighted by Gasteiger charge is 2.30. The number of aromatic amines is 2. The number of fused-ring (bicyclic) bond motifs is 1. The van der Waals surface area contributed by atoms with Crippen molar-refractivity contribution in [1.82, 2.24) is 35.6 Å². The van der Waals surface area contributed by atoms with E-state index in [1.54, 1.807) is 17.2 Å². The van der Waals surface area contributed by atoms with Crippen LogP contribution < -0.4 is 5.32 Å². The SMILES string of the molecule is O=C(NC1CCC1)c1n[nH]c2c1CCN(C(=O)c1cc(-c3ccccn3)n[nH]1)C2. The first kappa shape index (κ1) is 17.6. The van der Waals surface area contributed by atoms with Crippen LogP contribution in [0.5, 0.6) is 0 Å². The van der Waals surface area contributed by atoms with E-state index in [9.17, 15) is 9.59 Å². The van der Waals surface area contributed by atoms with Crippen molar-refractivity contribution in [2.24, 2.45) is 0 Å². The molecule has 29 heavy (non-hydrogen) atoms. The summed E-state index contributed by atoms with van der Waals surface area (Å²) in [4.78, 5) is 31.4. The van der Waals surface area contributed by atoms with Crippen molar-refractivity contribution >= 4 is 11.8 Å². The monoisotopic (exact) mass is 391 g/mol. The number of aromatic nitrogens is 5. The van der Waals surface area contributed by atoms with Crippen molar-refractivity contribution < 1.29 is 9.59 Å². The maximum atomic E-state index is 12.9. The van der Waals surface area contributed by atoms with E-state index in [1.807, 2.05) is 18.2 Å². The van der Waals surface area contributed by atoms with Crippen LogP contribution in [0.2, 0.25) is 0 Å². The Kier molecular flexibility index (Phi) is 4.34. The average molecular weight is 391 g/mol. The highest BCUT2D eigenvalue weighted by Crippen LogP contribution is 2.24. The van der Waals surface area contributed by atoms with E-state index in [2.05, 4.69) is 30.7 Å². The normalized spacial score (nSPS) is 16.2. The van der Waals surface area contributed by atoms with Gasteiger partial charge in [0.05, 0.1) is 17.9 Å². The molecule has 0 unspecified atom stereocenters. The van der Waals surface area contributed by atoms with Crippen molar-refractivity contribution in [3.05, 3.63) is 53.1 Å². The van der Waals surface area contributed by atoms with Crippen LogP contribution >= 0.6 is 0 Å². The van der Waals surface area contributed by atoms with Crippen LogP contribution in [0.25, 0.3) is 11.4 Å². The lowest BCUT2D eigenvalue weighted by Crippen LogP contribution is -2.40. The predicted molar refractivity (Wildman–Crippen MR) is 104 cm³/mol. The molecule has 0 bridgehead atoms. The number of nitrogens with zero attached hydrogens (tertiary/aromatic N) is 4. The molecule has 0 saturated heterocycles. The summed E-state index contributed by atoms with van der Waals surface area (Å²) in [6, 6.07) is 7.54. The van der Waals surface area contributed by atoms with Crippen molar-refractivity contribution in [2.45, 2.75) is 38.3 Å². The zero-order chi connectivity index (χ0) is 19.8. The van der Waals surface area contributed by atoms with Gasteiger partial charge in [0.25, 0.3) is 11.8 Å². The van der Waals surface area contributed by atoms with Crippen molar-refractivity contribution in [3.63, 3.8) is 0 Å². The molecule has 3 N–H and O–H groups in total. The summed E-state index contributed by atoms with van der Waals surface area (Å²) in [5, 5.41) is 17.2. The second-order valence-electron chi connectivity index (χ2n) is 7.49. The minimum atomic E-state index is -0.139. The van der Waals surface area contributed by atoms with E-state index >= 15 is 0 Å². The van der Waals surface area contributed by atoms with E-state index in [0.29, 0.717) is 42.3 Å². The van der Waals surface area contributed by atoms with Gasteiger partial charge in [-0.25, -0.2) is 0 Å². The van der Waals surface area contributed by atoms with Gasteiger partial charge in [0.1, 0.15) is 11.4 Å². The largest absolute Gasteiger partial charge is 0.348 e. The zero-order valence-electron chi connectivity index (χ0n) is 15.8. The summed E-state index contributed by atoms with van der Waals surface area (Å²) in [6.07, 6.45) is 5.51. The molecule has 5 rings (SSSR count). The topological polar surface area (TPSA) is 120 Å². The zero-order valence-corrected chi connectivity index (χ0v) is 15.8. The lowest BCUT2D eigenvalue weighted by molar-refractivity contribution is 0.0726. The van der Waals surface area contributed by atoms with Crippen LogP contribution in [0.15, 0.2) is 30.5 Å². The Morgan fingerprint density at radius 2 is 2.03 bits per heavy atom. The molecule has 1 aliphatic carbocycles. The second-order valence-corrected chi connectivity index (χ2v) is 7.49. The molecule has 3 aromatic heterocycles. The number of nitrogens with one attached hydrogen (secondary N) is 3. The van der Waals surface area contributed by atoms with Crippen LogP contribution in [0.3, 0.4) is 0 Å². The van der Waals surface area contributed by atoms with E-state index in [0.717, 1.165) is 30.5 Å². The molecule has 2 aliphatic rings. The number of rotatable bonds is 4. The highest BCUT2D eigenvalue weighted by molar-refractivity contribution is 5.95. The Morgan fingerprint density at radius 3 is 2.79 bits per heavy atom. The van der Waals surface area contributed by atoms with Gasteiger partial charge in [0.2, 0.25) is 0 Å². The molecule has 1 saturated carbocycles. The summed E-state index contributed by atoms with van der Waals surface area (Å²) in [6.45, 7) is 0.906. The Balaban J connectivity index is 1.29. The fraction of sp³-hybridized carbons (Fsp3) is 0.350. The van der Waals surface area contributed by atoms with Gasteiger partial charge in [-0.1, -0.05) is 6.07 Å². The fourth-order valence-corrected chi connectivity index (χ4v) is 3.73. The first-order valence-electron chi connectivity index (χ1n) is 9.82. The van der Waals surface area contributed by atoms with Gasteiger partial charge >= 0.3 is 0 Å². The predicted octanol–water partition coefficient (Wildman–Crippen LogP) is 1.68. The molecule has 0 aromatic carbocycles. The minimum absolute atomic E-state index is 0.124. The second kappa shape index (κ2) is 7.16. The van der Waals surface area contributed by atoms with Gasteiger partial charge in [-0.05, 0) is 43.9 Å². The summed E-state index contributed by atoms with van der Waals surface area (Å²) >= 11 is 0. The van der Waals surface area contributed by atoms with Gasteiger partial charge in [0, 0.05) is 24.3 Å². The van der Waals surface area contributed by atoms with Crippen LogP contribution in [-0.4, -0.2) is 54.7 Å². The van der Waals surface area contributed by atoms with Gasteiger partial charge < -0.3 is 10.2 Å². The fourth-order valence-electron chi connectivity index (χ4n) is 3.73. The Labute approximate surface area is 166 Å². The average Bonchev–Trinajstić information content (AvgIpc) is 3.37. The van der Waals surface area contributed by atoms with Gasteiger partial charge in [-0.2, -0.15) is 10.2 Å². The van der Waals surface area contributed by atoms with Gasteiger partial charge in [-0.15, -0.1) is 0 Å². The quantitative estimate of drug-likeness (QED) is 0.625. The van der Waals surface area contributed by atoms with Gasteiger partial charge in [0.15, 0.2) is 5.69 Å². The molecule has 1 fully saturated rings. The van der Waals surface area contributed by atoms with Crippen LogP contribution in [-0.2, 0) is 13.0 Å². The Hall–Kier alpha value is -3.49. The molecule has 4 heterocycles. The molecule has 1 aliphatic heterocycles. The molecule has 9 heteroatoms. The first-order valence-corrected chi connectivity index (χ1v) is 9.82. The van der Waals surface area contributed by atoms with Crippen molar-refractivity contribution in [2.75, 3.05) is 6.54 Å². The molecule has 148 valence electrons. The lowest BCUT2D eigenvalue weighted by Gasteiger charge is -2.27. The summed E-state index contributed by atoms with van der Waals surface area (Å²) in [5.41, 5.74) is 3.93. The molecule has 0 atom stereocenters. The number of amides is 2. The summed E-state index contributed by atoms with van der Waals surface area (Å²) in [5.74, 6) is -0.263. The van der Waals surface area contributed by atoms with Crippen LogP contribution in [0.4, 0.5) is 0 Å². The van der Waals surface area contributed by atoms with E-state index in [4.69, 9.17) is 0 Å². The Morgan fingerprint density at radius 1 is 1.14 bits per heavy atom. The molecule has 3 aromatic rings. The third-order valence-corrected chi connectivity index (χ3v) is 5.61. The minimum Gasteiger partial charge on any atom is -0.348 e. The number of carbonyl (C=O) groups is 2. The van der Waals surface area contributed by atoms with E-state index < -0.39 is 0 Å². The van der Waals surface area contributed by atoms with E-state index in [-0.39, 0.29) is 17.9 Å². The maximum Gasteiger partial charge on any atom is 0.272 e. The third kappa shape index (κ3) is 3.28. The molecule has 2 amide bonds. The number of hydrogen-bond acceptors (Lipinski definition) is 5. The van der Waals surface area contributed by atoms with Crippen LogP contribution in [0.1, 0.15) is 51.5 Å². The summed E-state index contributed by atoms with van der Waals surface area (Å²) < 4.78 is 0. The third-order valence-electron chi connectivity index (χ3n) is 5.61. The van der Waals surface area contributed by atoms with E-state index in [1.165, 1.54) is 0 Å².